The molecule has 0 saturated carbocycles. The molecule has 0 aliphatic carbocycles. The molecule has 1 aromatic heterocycles. The molecule has 0 radical (unpaired) electrons. The standard InChI is InChI=1S/C12H7Cl6N3O3S/c1-25(22,23)24-7-4-2-6(3-5-7)8-19-9(11(13,14)15)21-10(20-8)12(16,17)18/h2-5H,1H3. The first kappa shape index (κ1) is 21.0. The second-order valence-corrected chi connectivity index (χ2v) is 10.8. The van der Waals surface area contributed by atoms with Gasteiger partial charge < -0.3 is 4.18 Å². The summed E-state index contributed by atoms with van der Waals surface area (Å²) >= 11 is 34.8. The Labute approximate surface area is 173 Å². The van der Waals surface area contributed by atoms with Gasteiger partial charge in [-0.05, 0) is 24.3 Å². The molecular weight excluding hydrogens is 479 g/mol. The molecule has 2 aromatic rings. The van der Waals surface area contributed by atoms with Crippen molar-refractivity contribution < 1.29 is 12.6 Å². The lowest BCUT2D eigenvalue weighted by Gasteiger charge is -2.15. The summed E-state index contributed by atoms with van der Waals surface area (Å²) in [6.07, 6.45) is 0.924. The van der Waals surface area contributed by atoms with Crippen LogP contribution in [0.2, 0.25) is 0 Å². The van der Waals surface area contributed by atoms with Crippen LogP contribution < -0.4 is 4.18 Å². The number of hydrogen-bond donors (Lipinski definition) is 0. The number of rotatable bonds is 3. The summed E-state index contributed by atoms with van der Waals surface area (Å²) in [5.41, 5.74) is 0.425. The van der Waals surface area contributed by atoms with Gasteiger partial charge in [0.15, 0.2) is 17.5 Å². The van der Waals surface area contributed by atoms with Crippen LogP contribution in [0.5, 0.6) is 5.75 Å². The molecule has 1 aromatic carbocycles. The molecule has 0 spiro atoms. The van der Waals surface area contributed by atoms with Gasteiger partial charge in [-0.1, -0.05) is 69.6 Å². The SMILES string of the molecule is CS(=O)(=O)Oc1ccc(-c2nc(C(Cl)(Cl)Cl)nc(C(Cl)(Cl)Cl)n2)cc1. The normalized spacial score (nSPS) is 12.9. The lowest BCUT2D eigenvalue weighted by atomic mass is 10.2. The fourth-order valence-electron chi connectivity index (χ4n) is 1.59. The maximum absolute atomic E-state index is 11.1. The summed E-state index contributed by atoms with van der Waals surface area (Å²) in [5.74, 6) is -0.312. The van der Waals surface area contributed by atoms with Crippen LogP contribution in [0, 0.1) is 0 Å². The van der Waals surface area contributed by atoms with E-state index in [1.54, 1.807) is 0 Å². The molecule has 0 aliphatic heterocycles. The molecule has 13 heteroatoms. The van der Waals surface area contributed by atoms with Crippen LogP contribution in [-0.4, -0.2) is 29.6 Å². The van der Waals surface area contributed by atoms with Crippen molar-refractivity contribution in [2.75, 3.05) is 6.26 Å². The molecular formula is C12H7Cl6N3O3S. The van der Waals surface area contributed by atoms with Crippen LogP contribution in [0.4, 0.5) is 0 Å². The van der Waals surface area contributed by atoms with Crippen LogP contribution in [-0.2, 0) is 17.7 Å². The maximum atomic E-state index is 11.1. The number of benzene rings is 1. The number of halogens is 6. The van der Waals surface area contributed by atoms with Gasteiger partial charge in [-0.15, -0.1) is 0 Å². The van der Waals surface area contributed by atoms with Crippen LogP contribution >= 0.6 is 69.6 Å². The molecule has 0 unspecified atom stereocenters. The zero-order valence-electron chi connectivity index (χ0n) is 12.1. The van der Waals surface area contributed by atoms with Gasteiger partial charge in [0.25, 0.3) is 0 Å². The Morgan fingerprint density at radius 3 is 1.64 bits per heavy atom. The molecule has 2 rings (SSSR count). The highest BCUT2D eigenvalue weighted by Crippen LogP contribution is 2.40. The highest BCUT2D eigenvalue weighted by atomic mass is 35.6. The van der Waals surface area contributed by atoms with Gasteiger partial charge in [0.1, 0.15) is 5.75 Å². The number of aromatic nitrogens is 3. The number of alkyl halides is 6. The van der Waals surface area contributed by atoms with Crippen molar-refractivity contribution >= 4 is 79.7 Å². The van der Waals surface area contributed by atoms with Crippen molar-refractivity contribution in [3.05, 3.63) is 35.9 Å². The Balaban J connectivity index is 2.51. The first-order valence-electron chi connectivity index (χ1n) is 6.16. The molecule has 136 valence electrons. The van der Waals surface area contributed by atoms with E-state index in [1.165, 1.54) is 24.3 Å². The Kier molecular flexibility index (Phi) is 6.21. The van der Waals surface area contributed by atoms with Crippen molar-refractivity contribution in [1.29, 1.82) is 0 Å². The quantitative estimate of drug-likeness (QED) is 0.469. The molecule has 0 atom stereocenters. The van der Waals surface area contributed by atoms with Crippen LogP contribution in [0.1, 0.15) is 11.6 Å². The summed E-state index contributed by atoms with van der Waals surface area (Å²) in [6, 6.07) is 5.76. The Morgan fingerprint density at radius 1 is 0.840 bits per heavy atom. The molecule has 0 aliphatic rings. The van der Waals surface area contributed by atoms with E-state index in [1.807, 2.05) is 0 Å². The lowest BCUT2D eigenvalue weighted by Crippen LogP contribution is -2.16. The fourth-order valence-corrected chi connectivity index (χ4v) is 2.56. The molecule has 0 N–H and O–H groups in total. The van der Waals surface area contributed by atoms with Crippen molar-refractivity contribution in [2.45, 2.75) is 7.59 Å². The van der Waals surface area contributed by atoms with Gasteiger partial charge in [-0.2, -0.15) is 8.42 Å². The van der Waals surface area contributed by atoms with E-state index in [2.05, 4.69) is 15.0 Å². The molecule has 1 heterocycles. The Bertz CT molecular complexity index is 846. The molecule has 0 bridgehead atoms. The highest BCUT2D eigenvalue weighted by Gasteiger charge is 2.34. The first-order valence-corrected chi connectivity index (χ1v) is 10.2. The zero-order valence-corrected chi connectivity index (χ0v) is 17.4. The van der Waals surface area contributed by atoms with Crippen molar-refractivity contribution in [3.63, 3.8) is 0 Å². The molecule has 0 amide bonds. The third-order valence-corrected chi connectivity index (χ3v) is 4.01. The lowest BCUT2D eigenvalue weighted by molar-refractivity contribution is 0.493. The minimum Gasteiger partial charge on any atom is -0.383 e. The Morgan fingerprint density at radius 2 is 1.28 bits per heavy atom. The van der Waals surface area contributed by atoms with Crippen LogP contribution in [0.15, 0.2) is 24.3 Å². The van der Waals surface area contributed by atoms with Gasteiger partial charge in [0, 0.05) is 5.56 Å². The van der Waals surface area contributed by atoms with Gasteiger partial charge in [-0.25, -0.2) is 15.0 Å². The number of nitrogens with zero attached hydrogens (tertiary/aromatic N) is 3. The zero-order chi connectivity index (χ0) is 19.0. The Hall–Kier alpha value is -0.280. The predicted molar refractivity (Wildman–Crippen MR) is 99.2 cm³/mol. The van der Waals surface area contributed by atoms with E-state index in [0.717, 1.165) is 6.26 Å². The third kappa shape index (κ3) is 6.13. The fraction of sp³-hybridized carbons (Fsp3) is 0.250. The van der Waals surface area contributed by atoms with E-state index in [9.17, 15) is 8.42 Å². The van der Waals surface area contributed by atoms with E-state index >= 15 is 0 Å². The second-order valence-electron chi connectivity index (χ2n) is 4.61. The van der Waals surface area contributed by atoms with E-state index in [0.29, 0.717) is 5.56 Å². The molecule has 25 heavy (non-hydrogen) atoms. The average molecular weight is 486 g/mol. The van der Waals surface area contributed by atoms with E-state index < -0.39 is 17.7 Å². The maximum Gasteiger partial charge on any atom is 0.306 e. The smallest absolute Gasteiger partial charge is 0.306 e. The van der Waals surface area contributed by atoms with Crippen LogP contribution in [0.3, 0.4) is 0 Å². The average Bonchev–Trinajstić information content (AvgIpc) is 2.44. The van der Waals surface area contributed by atoms with Gasteiger partial charge >= 0.3 is 10.1 Å². The van der Waals surface area contributed by atoms with E-state index in [-0.39, 0.29) is 23.2 Å². The molecule has 0 fully saturated rings. The second kappa shape index (κ2) is 7.38. The number of hydrogen-bond acceptors (Lipinski definition) is 6. The summed E-state index contributed by atoms with van der Waals surface area (Å²) in [6.45, 7) is 0. The largest absolute Gasteiger partial charge is 0.383 e. The minimum absolute atomic E-state index is 0.0588. The third-order valence-electron chi connectivity index (χ3n) is 2.50. The summed E-state index contributed by atoms with van der Waals surface area (Å²) < 4.78 is 23.0. The highest BCUT2D eigenvalue weighted by molar-refractivity contribution is 7.86. The van der Waals surface area contributed by atoms with Gasteiger partial charge in [0.05, 0.1) is 6.26 Å². The van der Waals surface area contributed by atoms with Crippen LogP contribution in [0.25, 0.3) is 11.4 Å². The summed E-state index contributed by atoms with van der Waals surface area (Å²) in [5, 5.41) is 0. The van der Waals surface area contributed by atoms with E-state index in [4.69, 9.17) is 73.8 Å². The monoisotopic (exact) mass is 483 g/mol. The van der Waals surface area contributed by atoms with Gasteiger partial charge in [0.2, 0.25) is 7.59 Å². The van der Waals surface area contributed by atoms with Crippen molar-refractivity contribution in [1.82, 2.24) is 15.0 Å². The summed E-state index contributed by atoms with van der Waals surface area (Å²) in [4.78, 5) is 11.9. The van der Waals surface area contributed by atoms with Crippen molar-refractivity contribution in [3.8, 4) is 17.1 Å². The predicted octanol–water partition coefficient (Wildman–Crippen LogP) is 4.53. The van der Waals surface area contributed by atoms with Gasteiger partial charge in [-0.3, -0.25) is 0 Å². The topological polar surface area (TPSA) is 82.0 Å². The molecule has 6 nitrogen and oxygen atoms in total. The summed E-state index contributed by atoms with van der Waals surface area (Å²) in [7, 11) is -3.65. The minimum atomic E-state index is -3.65. The molecule has 0 saturated heterocycles. The van der Waals surface area contributed by atoms with Crippen molar-refractivity contribution in [2.24, 2.45) is 0 Å². The first-order chi connectivity index (χ1) is 11.3.